The van der Waals surface area contributed by atoms with Crippen LogP contribution in [-0.4, -0.2) is 22.1 Å². The van der Waals surface area contributed by atoms with Crippen LogP contribution in [0.15, 0.2) is 52.5 Å². The molecule has 0 amide bonds. The van der Waals surface area contributed by atoms with Crippen molar-refractivity contribution in [3.8, 4) is 5.75 Å². The molecule has 1 aromatic carbocycles. The Balaban J connectivity index is 2.61. The molecule has 146 valence electrons. The number of ether oxygens (including phenoxy) is 1. The van der Waals surface area contributed by atoms with E-state index in [9.17, 15) is 8.42 Å². The van der Waals surface area contributed by atoms with E-state index < -0.39 is 10.0 Å². The normalized spacial score (nSPS) is 12.8. The Morgan fingerprint density at radius 2 is 1.73 bits per heavy atom. The van der Waals surface area contributed by atoms with E-state index >= 15 is 0 Å². The van der Waals surface area contributed by atoms with Gasteiger partial charge in [-0.05, 0) is 69.7 Å². The van der Waals surface area contributed by atoms with Crippen LogP contribution >= 0.6 is 0 Å². The zero-order chi connectivity index (χ0) is 19.8. The summed E-state index contributed by atoms with van der Waals surface area (Å²) in [4.78, 5) is 0.252. The lowest BCUT2D eigenvalue weighted by atomic mass is 9.88. The van der Waals surface area contributed by atoms with E-state index in [0.717, 1.165) is 19.3 Å². The third kappa shape index (κ3) is 8.19. The highest BCUT2D eigenvalue weighted by molar-refractivity contribution is 7.89. The second-order valence-electron chi connectivity index (χ2n) is 7.74. The molecule has 0 heterocycles. The van der Waals surface area contributed by atoms with E-state index in [4.69, 9.17) is 4.74 Å². The lowest BCUT2D eigenvalue weighted by Crippen LogP contribution is -2.33. The molecule has 5 heteroatoms. The average Bonchev–Trinajstić information content (AvgIpc) is 2.58. The van der Waals surface area contributed by atoms with Gasteiger partial charge in [-0.3, -0.25) is 0 Å². The van der Waals surface area contributed by atoms with Crippen LogP contribution in [0.5, 0.6) is 5.75 Å². The van der Waals surface area contributed by atoms with Gasteiger partial charge < -0.3 is 4.74 Å². The maximum Gasteiger partial charge on any atom is 0.240 e. The minimum atomic E-state index is -3.51. The number of rotatable bonds is 10. The number of allylic oxidation sites excluding steroid dienone is 4. The van der Waals surface area contributed by atoms with Crippen molar-refractivity contribution < 1.29 is 13.2 Å². The Bertz CT molecular complexity index is 725. The van der Waals surface area contributed by atoms with Crippen LogP contribution in [0.25, 0.3) is 0 Å². The van der Waals surface area contributed by atoms with E-state index in [-0.39, 0.29) is 10.3 Å². The van der Waals surface area contributed by atoms with E-state index in [1.807, 2.05) is 0 Å². The fraction of sp³-hybridized carbons (Fsp3) is 0.524. The van der Waals surface area contributed by atoms with E-state index in [1.165, 1.54) is 11.1 Å². The monoisotopic (exact) mass is 379 g/mol. The molecule has 0 unspecified atom stereocenters. The zero-order valence-corrected chi connectivity index (χ0v) is 17.7. The summed E-state index contributed by atoms with van der Waals surface area (Å²) in [5, 5.41) is 0. The minimum absolute atomic E-state index is 0.155. The van der Waals surface area contributed by atoms with E-state index in [2.05, 4.69) is 51.5 Å². The number of hydrogen-bond acceptors (Lipinski definition) is 3. The fourth-order valence-corrected chi connectivity index (χ4v) is 3.58. The number of nitrogens with one attached hydrogen (secondary N) is 1. The number of sulfonamides is 1. The van der Waals surface area contributed by atoms with Gasteiger partial charge in [0.2, 0.25) is 10.0 Å². The van der Waals surface area contributed by atoms with Crippen LogP contribution in [0.1, 0.15) is 53.9 Å². The van der Waals surface area contributed by atoms with Crippen molar-refractivity contribution in [1.82, 2.24) is 4.72 Å². The molecule has 0 aliphatic carbocycles. The molecule has 0 aliphatic heterocycles. The lowest BCUT2D eigenvalue weighted by molar-refractivity contribution is 0.367. The first-order valence-corrected chi connectivity index (χ1v) is 10.5. The Labute approximate surface area is 159 Å². The fourth-order valence-electron chi connectivity index (χ4n) is 2.34. The molecule has 0 bridgehead atoms. The van der Waals surface area contributed by atoms with E-state index in [0.29, 0.717) is 12.3 Å². The Morgan fingerprint density at radius 1 is 1.12 bits per heavy atom. The number of hydrogen-bond donors (Lipinski definition) is 1. The topological polar surface area (TPSA) is 55.4 Å². The van der Waals surface area contributed by atoms with Gasteiger partial charge in [0.15, 0.2) is 0 Å². The SMILES string of the molecule is COc1ccc(S(=O)(=O)NCC(C)(C)C/C=C(\C)CCC=C(C)C)cc1. The van der Waals surface area contributed by atoms with Crippen molar-refractivity contribution in [2.75, 3.05) is 13.7 Å². The summed E-state index contributed by atoms with van der Waals surface area (Å²) in [5.41, 5.74) is 2.52. The maximum absolute atomic E-state index is 12.4. The van der Waals surface area contributed by atoms with Gasteiger partial charge in [-0.15, -0.1) is 0 Å². The predicted molar refractivity (Wildman–Crippen MR) is 109 cm³/mol. The van der Waals surface area contributed by atoms with Crippen LogP contribution in [0.2, 0.25) is 0 Å². The third-order valence-electron chi connectivity index (χ3n) is 4.20. The van der Waals surface area contributed by atoms with Gasteiger partial charge in [-0.1, -0.05) is 37.1 Å². The van der Waals surface area contributed by atoms with Crippen LogP contribution in [0, 0.1) is 5.41 Å². The smallest absolute Gasteiger partial charge is 0.240 e. The van der Waals surface area contributed by atoms with Crippen molar-refractivity contribution in [3.63, 3.8) is 0 Å². The molecule has 4 nitrogen and oxygen atoms in total. The molecule has 26 heavy (non-hydrogen) atoms. The first-order valence-electron chi connectivity index (χ1n) is 8.98. The van der Waals surface area contributed by atoms with Crippen LogP contribution in [-0.2, 0) is 10.0 Å². The van der Waals surface area contributed by atoms with Gasteiger partial charge in [0.05, 0.1) is 12.0 Å². The van der Waals surface area contributed by atoms with Crippen molar-refractivity contribution in [2.45, 2.75) is 58.8 Å². The summed E-state index contributed by atoms with van der Waals surface area (Å²) in [7, 11) is -1.96. The van der Waals surface area contributed by atoms with Crippen molar-refractivity contribution in [2.24, 2.45) is 5.41 Å². The Morgan fingerprint density at radius 3 is 2.27 bits per heavy atom. The molecule has 1 aromatic rings. The summed E-state index contributed by atoms with van der Waals surface area (Å²) in [6.07, 6.45) is 7.39. The van der Waals surface area contributed by atoms with Gasteiger partial charge in [-0.2, -0.15) is 0 Å². The van der Waals surface area contributed by atoms with Crippen molar-refractivity contribution >= 4 is 10.0 Å². The Hall–Kier alpha value is -1.59. The average molecular weight is 380 g/mol. The van der Waals surface area contributed by atoms with Gasteiger partial charge in [-0.25, -0.2) is 13.1 Å². The molecular weight excluding hydrogens is 346 g/mol. The standard InChI is InChI=1S/C21H33NO3S/c1-17(2)8-7-9-18(3)14-15-21(4,5)16-22-26(23,24)20-12-10-19(25-6)11-13-20/h8,10-14,22H,7,9,15-16H2,1-6H3/b18-14+. The number of methoxy groups -OCH3 is 1. The van der Waals surface area contributed by atoms with Crippen LogP contribution in [0.3, 0.4) is 0 Å². The lowest BCUT2D eigenvalue weighted by Gasteiger charge is -2.24. The molecule has 0 spiro atoms. The quantitative estimate of drug-likeness (QED) is 0.577. The molecule has 0 fully saturated rings. The first kappa shape index (κ1) is 22.5. The summed E-state index contributed by atoms with van der Waals surface area (Å²) in [6.45, 7) is 10.9. The largest absolute Gasteiger partial charge is 0.497 e. The highest BCUT2D eigenvalue weighted by Gasteiger charge is 2.21. The highest BCUT2D eigenvalue weighted by Crippen LogP contribution is 2.23. The van der Waals surface area contributed by atoms with Crippen molar-refractivity contribution in [3.05, 3.63) is 47.6 Å². The molecule has 0 aromatic heterocycles. The molecule has 0 aliphatic rings. The number of benzene rings is 1. The summed E-state index contributed by atoms with van der Waals surface area (Å²) in [5.74, 6) is 0.637. The van der Waals surface area contributed by atoms with Crippen LogP contribution < -0.4 is 9.46 Å². The van der Waals surface area contributed by atoms with Gasteiger partial charge in [0.25, 0.3) is 0 Å². The minimum Gasteiger partial charge on any atom is -0.497 e. The third-order valence-corrected chi connectivity index (χ3v) is 5.62. The predicted octanol–water partition coefficient (Wildman–Crippen LogP) is 5.08. The summed E-state index contributed by atoms with van der Waals surface area (Å²) < 4.78 is 32.7. The molecule has 0 atom stereocenters. The second-order valence-corrected chi connectivity index (χ2v) is 9.51. The summed E-state index contributed by atoms with van der Waals surface area (Å²) in [6, 6.07) is 6.42. The second kappa shape index (κ2) is 9.93. The zero-order valence-electron chi connectivity index (χ0n) is 16.9. The van der Waals surface area contributed by atoms with Crippen molar-refractivity contribution in [1.29, 1.82) is 0 Å². The molecule has 0 radical (unpaired) electrons. The Kier molecular flexibility index (Phi) is 8.57. The van der Waals surface area contributed by atoms with Gasteiger partial charge >= 0.3 is 0 Å². The first-order chi connectivity index (χ1) is 12.1. The maximum atomic E-state index is 12.4. The summed E-state index contributed by atoms with van der Waals surface area (Å²) >= 11 is 0. The van der Waals surface area contributed by atoms with Gasteiger partial charge in [0, 0.05) is 6.54 Å². The molecule has 1 N–H and O–H groups in total. The van der Waals surface area contributed by atoms with Gasteiger partial charge in [0.1, 0.15) is 5.75 Å². The van der Waals surface area contributed by atoms with E-state index in [1.54, 1.807) is 31.4 Å². The van der Waals surface area contributed by atoms with Crippen LogP contribution in [0.4, 0.5) is 0 Å². The molecule has 1 rings (SSSR count). The molecule has 0 saturated heterocycles. The molecule has 0 saturated carbocycles. The highest BCUT2D eigenvalue weighted by atomic mass is 32.2. The molecular formula is C21H33NO3S.